The zero-order valence-corrected chi connectivity index (χ0v) is 15.9. The first-order valence-corrected chi connectivity index (χ1v) is 8.69. The number of methoxy groups -OCH3 is 2. The molecule has 0 aromatic heterocycles. The van der Waals surface area contributed by atoms with Crippen LogP contribution in [-0.4, -0.2) is 44.1 Å². The SMILES string of the molecule is CNC(=O)N1N=C(c2ccc(N)cc2)c2cc(OC)c(OC)cc2C[C@@H]1C. The first-order valence-electron chi connectivity index (χ1n) is 8.69. The van der Waals surface area contributed by atoms with E-state index in [9.17, 15) is 4.79 Å². The summed E-state index contributed by atoms with van der Waals surface area (Å²) in [5.41, 5.74) is 9.97. The average molecular weight is 368 g/mol. The number of anilines is 1. The molecule has 0 radical (unpaired) electrons. The Hall–Kier alpha value is -3.22. The molecule has 3 N–H and O–H groups in total. The van der Waals surface area contributed by atoms with Crippen LogP contribution in [0.1, 0.15) is 23.6 Å². The van der Waals surface area contributed by atoms with Crippen LogP contribution in [0.25, 0.3) is 0 Å². The number of hydrazone groups is 1. The highest BCUT2D eigenvalue weighted by atomic mass is 16.5. The first-order chi connectivity index (χ1) is 13.0. The topological polar surface area (TPSA) is 89.2 Å². The number of urea groups is 1. The molecule has 0 unspecified atom stereocenters. The van der Waals surface area contributed by atoms with Gasteiger partial charge in [0.1, 0.15) is 0 Å². The summed E-state index contributed by atoms with van der Waals surface area (Å²) in [4.78, 5) is 12.4. The molecule has 7 heteroatoms. The predicted octanol–water partition coefficient (Wildman–Crippen LogP) is 2.62. The number of hydrogen-bond donors (Lipinski definition) is 2. The molecule has 1 aliphatic rings. The smallest absolute Gasteiger partial charge is 0.337 e. The third-order valence-corrected chi connectivity index (χ3v) is 4.61. The molecule has 0 bridgehead atoms. The second-order valence-electron chi connectivity index (χ2n) is 6.39. The van der Waals surface area contributed by atoms with E-state index in [1.807, 2.05) is 43.3 Å². The third-order valence-electron chi connectivity index (χ3n) is 4.61. The lowest BCUT2D eigenvalue weighted by Crippen LogP contribution is -2.41. The van der Waals surface area contributed by atoms with Gasteiger partial charge in [-0.2, -0.15) is 5.10 Å². The van der Waals surface area contributed by atoms with E-state index in [1.165, 1.54) is 5.01 Å². The van der Waals surface area contributed by atoms with Gasteiger partial charge in [0.05, 0.1) is 26.0 Å². The maximum atomic E-state index is 12.4. The lowest BCUT2D eigenvalue weighted by atomic mass is 9.94. The summed E-state index contributed by atoms with van der Waals surface area (Å²) in [6.45, 7) is 1.96. The number of carbonyl (C=O) groups excluding carboxylic acids is 1. The second-order valence-corrected chi connectivity index (χ2v) is 6.39. The number of rotatable bonds is 3. The molecular formula is C20H24N4O3. The van der Waals surface area contributed by atoms with Crippen LogP contribution in [-0.2, 0) is 6.42 Å². The van der Waals surface area contributed by atoms with Crippen molar-refractivity contribution in [2.24, 2.45) is 5.10 Å². The van der Waals surface area contributed by atoms with Gasteiger partial charge in [0.2, 0.25) is 0 Å². The first kappa shape index (κ1) is 18.6. The van der Waals surface area contributed by atoms with Gasteiger partial charge >= 0.3 is 6.03 Å². The van der Waals surface area contributed by atoms with Crippen molar-refractivity contribution in [1.29, 1.82) is 0 Å². The van der Waals surface area contributed by atoms with E-state index in [0.717, 1.165) is 16.7 Å². The van der Waals surface area contributed by atoms with Crippen molar-refractivity contribution in [2.45, 2.75) is 19.4 Å². The number of carbonyl (C=O) groups is 1. The monoisotopic (exact) mass is 368 g/mol. The quantitative estimate of drug-likeness (QED) is 0.815. The molecule has 1 aliphatic heterocycles. The van der Waals surface area contributed by atoms with Crippen LogP contribution >= 0.6 is 0 Å². The van der Waals surface area contributed by atoms with Gasteiger partial charge in [0.15, 0.2) is 11.5 Å². The number of nitrogens with one attached hydrogen (secondary N) is 1. The van der Waals surface area contributed by atoms with Crippen LogP contribution < -0.4 is 20.5 Å². The van der Waals surface area contributed by atoms with E-state index in [1.54, 1.807) is 21.3 Å². The molecule has 3 rings (SSSR count). The van der Waals surface area contributed by atoms with Crippen LogP contribution in [0.5, 0.6) is 11.5 Å². The maximum absolute atomic E-state index is 12.4. The number of hydrogen-bond acceptors (Lipinski definition) is 5. The highest BCUT2D eigenvalue weighted by Gasteiger charge is 2.28. The van der Waals surface area contributed by atoms with Crippen molar-refractivity contribution in [3.05, 3.63) is 53.1 Å². The van der Waals surface area contributed by atoms with Gasteiger partial charge in [-0.05, 0) is 43.2 Å². The molecule has 0 saturated heterocycles. The lowest BCUT2D eigenvalue weighted by Gasteiger charge is -2.22. The fraction of sp³-hybridized carbons (Fsp3) is 0.300. The normalized spacial score (nSPS) is 16.1. The minimum Gasteiger partial charge on any atom is -0.493 e. The summed E-state index contributed by atoms with van der Waals surface area (Å²) in [6.07, 6.45) is 0.630. The number of benzene rings is 2. The molecule has 7 nitrogen and oxygen atoms in total. The highest BCUT2D eigenvalue weighted by Crippen LogP contribution is 2.34. The Kier molecular flexibility index (Phi) is 5.21. The summed E-state index contributed by atoms with van der Waals surface area (Å²) in [5.74, 6) is 1.26. The number of nitrogens with two attached hydrogens (primary N) is 1. The molecule has 0 fully saturated rings. The van der Waals surface area contributed by atoms with Crippen LogP contribution in [0.2, 0.25) is 0 Å². The fourth-order valence-electron chi connectivity index (χ4n) is 3.19. The zero-order chi connectivity index (χ0) is 19.6. The van der Waals surface area contributed by atoms with E-state index in [4.69, 9.17) is 20.3 Å². The molecule has 2 aromatic carbocycles. The molecular weight excluding hydrogens is 344 g/mol. The number of amides is 2. The van der Waals surface area contributed by atoms with Gasteiger partial charge in [-0.15, -0.1) is 0 Å². The van der Waals surface area contributed by atoms with Crippen LogP contribution in [0.3, 0.4) is 0 Å². The second kappa shape index (κ2) is 7.57. The number of nitrogens with zero attached hydrogens (tertiary/aromatic N) is 2. The third kappa shape index (κ3) is 3.53. The standard InChI is InChI=1S/C20H24N4O3/c1-12-9-14-10-17(26-3)18(27-4)11-16(14)19(23-24(12)20(25)22-2)13-5-7-15(21)8-6-13/h5-8,10-12H,9,21H2,1-4H3,(H,22,25)/t12-/m0/s1. The maximum Gasteiger partial charge on any atom is 0.337 e. The van der Waals surface area contributed by atoms with Gasteiger partial charge < -0.3 is 20.5 Å². The van der Waals surface area contributed by atoms with Gasteiger partial charge in [0.25, 0.3) is 0 Å². The Morgan fingerprint density at radius 1 is 1.19 bits per heavy atom. The van der Waals surface area contributed by atoms with Crippen molar-refractivity contribution >= 4 is 17.4 Å². The molecule has 1 heterocycles. The highest BCUT2D eigenvalue weighted by molar-refractivity contribution is 6.14. The molecule has 27 heavy (non-hydrogen) atoms. The van der Waals surface area contributed by atoms with Crippen molar-refractivity contribution < 1.29 is 14.3 Å². The zero-order valence-electron chi connectivity index (χ0n) is 15.9. The van der Waals surface area contributed by atoms with Crippen LogP contribution in [0.4, 0.5) is 10.5 Å². The van der Waals surface area contributed by atoms with Gasteiger partial charge in [0, 0.05) is 23.9 Å². The van der Waals surface area contributed by atoms with E-state index >= 15 is 0 Å². The Balaban J connectivity index is 2.24. The summed E-state index contributed by atoms with van der Waals surface area (Å²) < 4.78 is 10.9. The predicted molar refractivity (Wildman–Crippen MR) is 106 cm³/mol. The van der Waals surface area contributed by atoms with Crippen molar-refractivity contribution in [2.75, 3.05) is 27.0 Å². The van der Waals surface area contributed by atoms with Gasteiger partial charge in [-0.3, -0.25) is 0 Å². The Labute approximate surface area is 158 Å². The molecule has 0 aliphatic carbocycles. The van der Waals surface area contributed by atoms with Crippen LogP contribution in [0.15, 0.2) is 41.5 Å². The Morgan fingerprint density at radius 3 is 2.41 bits per heavy atom. The van der Waals surface area contributed by atoms with Crippen molar-refractivity contribution in [3.8, 4) is 11.5 Å². The van der Waals surface area contributed by atoms with Gasteiger partial charge in [-0.1, -0.05) is 12.1 Å². The summed E-state index contributed by atoms with van der Waals surface area (Å²) in [5, 5.41) is 8.83. The molecule has 0 spiro atoms. The number of fused-ring (bicyclic) bond motifs is 1. The summed E-state index contributed by atoms with van der Waals surface area (Å²) in [6, 6.07) is 10.9. The summed E-state index contributed by atoms with van der Waals surface area (Å²) in [7, 11) is 4.80. The average Bonchev–Trinajstić information content (AvgIpc) is 2.82. The number of nitrogen functional groups attached to an aromatic ring is 1. The minimum atomic E-state index is -0.262. The van der Waals surface area contributed by atoms with E-state index in [0.29, 0.717) is 29.3 Å². The Morgan fingerprint density at radius 2 is 1.81 bits per heavy atom. The number of ether oxygens (including phenoxy) is 2. The molecule has 1 atom stereocenters. The summed E-state index contributed by atoms with van der Waals surface area (Å²) >= 11 is 0. The van der Waals surface area contributed by atoms with Crippen LogP contribution in [0, 0.1) is 0 Å². The Bertz CT molecular complexity index is 878. The minimum absolute atomic E-state index is 0.131. The molecule has 2 aromatic rings. The lowest BCUT2D eigenvalue weighted by molar-refractivity contribution is 0.184. The van der Waals surface area contributed by atoms with Crippen molar-refractivity contribution in [3.63, 3.8) is 0 Å². The van der Waals surface area contributed by atoms with Crippen molar-refractivity contribution in [1.82, 2.24) is 10.3 Å². The van der Waals surface area contributed by atoms with Gasteiger partial charge in [-0.25, -0.2) is 9.80 Å². The van der Waals surface area contributed by atoms with E-state index in [2.05, 4.69) is 5.32 Å². The molecule has 2 amide bonds. The fourth-order valence-corrected chi connectivity index (χ4v) is 3.19. The van der Waals surface area contributed by atoms with E-state index < -0.39 is 0 Å². The van der Waals surface area contributed by atoms with E-state index in [-0.39, 0.29) is 12.1 Å². The molecule has 142 valence electrons. The molecule has 0 saturated carbocycles. The largest absolute Gasteiger partial charge is 0.493 e.